The average Bonchev–Trinajstić information content (AvgIpc) is 3.13. The maximum atomic E-state index is 13.1. The smallest absolute Gasteiger partial charge is 0.408 e. The summed E-state index contributed by atoms with van der Waals surface area (Å²) in [4.78, 5) is 26.6. The lowest BCUT2D eigenvalue weighted by atomic mass is 10.1. The monoisotopic (exact) mass is 366 g/mol. The summed E-state index contributed by atoms with van der Waals surface area (Å²) in [6.07, 6.45) is 0. The van der Waals surface area contributed by atoms with Crippen molar-refractivity contribution in [2.75, 3.05) is 5.32 Å². The normalized spacial score (nSPS) is 11.1. The number of aromatic nitrogens is 3. The van der Waals surface area contributed by atoms with Crippen LogP contribution in [0.25, 0.3) is 16.8 Å². The molecule has 27 heavy (non-hydrogen) atoms. The van der Waals surface area contributed by atoms with Crippen LogP contribution in [0.2, 0.25) is 0 Å². The van der Waals surface area contributed by atoms with Crippen molar-refractivity contribution in [3.8, 4) is 5.69 Å². The number of carbonyl (C=O) groups excluding carboxylic acids is 1. The molecule has 0 saturated heterocycles. The molecule has 1 amide bonds. The molecular weight excluding hydrogens is 351 g/mol. The number of hydrogen-bond donors (Lipinski definition) is 2. The van der Waals surface area contributed by atoms with Gasteiger partial charge in [0.15, 0.2) is 5.58 Å². The van der Waals surface area contributed by atoms with E-state index in [9.17, 15) is 14.0 Å². The van der Waals surface area contributed by atoms with Crippen LogP contribution in [0.3, 0.4) is 0 Å². The molecule has 0 fully saturated rings. The van der Waals surface area contributed by atoms with Gasteiger partial charge in [0.25, 0.3) is 5.91 Å². The van der Waals surface area contributed by atoms with Crippen LogP contribution in [0.4, 0.5) is 10.1 Å². The Morgan fingerprint density at radius 3 is 2.67 bits per heavy atom. The first-order valence-electron chi connectivity index (χ1n) is 8.19. The van der Waals surface area contributed by atoms with Gasteiger partial charge in [-0.25, -0.2) is 13.9 Å². The first-order valence-corrected chi connectivity index (χ1v) is 8.19. The summed E-state index contributed by atoms with van der Waals surface area (Å²) < 4.78 is 19.7. The summed E-state index contributed by atoms with van der Waals surface area (Å²) in [6.45, 7) is 3.51. The van der Waals surface area contributed by atoms with E-state index in [1.54, 1.807) is 48.9 Å². The van der Waals surface area contributed by atoms with E-state index in [-0.39, 0.29) is 11.7 Å². The molecule has 0 aliphatic heterocycles. The number of amides is 1. The third kappa shape index (κ3) is 3.01. The Balaban J connectivity index is 1.66. The second-order valence-corrected chi connectivity index (χ2v) is 6.11. The van der Waals surface area contributed by atoms with Crippen LogP contribution in [-0.4, -0.2) is 20.7 Å². The predicted molar refractivity (Wildman–Crippen MR) is 97.8 cm³/mol. The number of aromatic amines is 1. The zero-order chi connectivity index (χ0) is 19.1. The predicted octanol–water partition coefficient (Wildman–Crippen LogP) is 3.32. The minimum absolute atomic E-state index is 0.330. The van der Waals surface area contributed by atoms with Gasteiger partial charge in [-0.15, -0.1) is 0 Å². The minimum Gasteiger partial charge on any atom is -0.408 e. The SMILES string of the molecule is Cc1nn(-c2ccc(F)cc2)c(C)c1C(=O)Nc1ccc2oc(=O)[nH]c2c1. The van der Waals surface area contributed by atoms with Gasteiger partial charge in [0.2, 0.25) is 0 Å². The molecule has 0 atom stereocenters. The number of carbonyl (C=O) groups is 1. The molecule has 0 aliphatic carbocycles. The molecule has 0 unspecified atom stereocenters. The number of oxazole rings is 1. The molecule has 0 spiro atoms. The highest BCUT2D eigenvalue weighted by molar-refractivity contribution is 6.06. The average molecular weight is 366 g/mol. The highest BCUT2D eigenvalue weighted by Crippen LogP contribution is 2.21. The van der Waals surface area contributed by atoms with Crippen molar-refractivity contribution in [3.63, 3.8) is 0 Å². The van der Waals surface area contributed by atoms with Crippen molar-refractivity contribution in [2.24, 2.45) is 0 Å². The van der Waals surface area contributed by atoms with Crippen molar-refractivity contribution in [3.05, 3.63) is 75.8 Å². The van der Waals surface area contributed by atoms with Crippen LogP contribution in [0.1, 0.15) is 21.7 Å². The molecule has 8 heteroatoms. The number of hydrogen-bond acceptors (Lipinski definition) is 4. The van der Waals surface area contributed by atoms with Crippen molar-refractivity contribution in [1.82, 2.24) is 14.8 Å². The molecule has 4 rings (SSSR count). The number of nitrogens with zero attached hydrogens (tertiary/aromatic N) is 2. The third-order valence-corrected chi connectivity index (χ3v) is 4.27. The summed E-state index contributed by atoms with van der Waals surface area (Å²) in [5.41, 5.74) is 3.69. The first-order chi connectivity index (χ1) is 12.9. The molecule has 2 heterocycles. The molecule has 0 aliphatic rings. The van der Waals surface area contributed by atoms with E-state index < -0.39 is 5.76 Å². The second kappa shape index (κ2) is 6.24. The van der Waals surface area contributed by atoms with Gasteiger partial charge in [0, 0.05) is 5.69 Å². The fraction of sp³-hybridized carbons (Fsp3) is 0.105. The van der Waals surface area contributed by atoms with E-state index in [1.807, 2.05) is 0 Å². The summed E-state index contributed by atoms with van der Waals surface area (Å²) in [6, 6.07) is 10.7. The summed E-state index contributed by atoms with van der Waals surface area (Å²) in [7, 11) is 0. The number of rotatable bonds is 3. The van der Waals surface area contributed by atoms with Gasteiger partial charge < -0.3 is 9.73 Å². The molecule has 4 aromatic rings. The zero-order valence-electron chi connectivity index (χ0n) is 14.5. The van der Waals surface area contributed by atoms with Crippen molar-refractivity contribution in [1.29, 1.82) is 0 Å². The van der Waals surface area contributed by atoms with Crippen LogP contribution in [0, 0.1) is 19.7 Å². The Morgan fingerprint density at radius 1 is 1.19 bits per heavy atom. The highest BCUT2D eigenvalue weighted by Gasteiger charge is 2.20. The standard InChI is InChI=1S/C19H15FN4O3/c1-10-17(11(2)24(23-10)14-6-3-12(20)4-7-14)18(25)21-13-5-8-16-15(9-13)22-19(26)27-16/h3-9H,1-2H3,(H,21,25)(H,22,26). The number of anilines is 1. The fourth-order valence-electron chi connectivity index (χ4n) is 3.03. The second-order valence-electron chi connectivity index (χ2n) is 6.11. The number of benzene rings is 2. The largest absolute Gasteiger partial charge is 0.417 e. The lowest BCUT2D eigenvalue weighted by Gasteiger charge is -2.07. The zero-order valence-corrected chi connectivity index (χ0v) is 14.5. The molecule has 2 N–H and O–H groups in total. The van der Waals surface area contributed by atoms with Crippen molar-refractivity contribution >= 4 is 22.7 Å². The molecule has 0 bridgehead atoms. The van der Waals surface area contributed by atoms with Crippen LogP contribution >= 0.6 is 0 Å². The molecule has 0 saturated carbocycles. The van der Waals surface area contributed by atoms with Gasteiger partial charge in [-0.3, -0.25) is 9.78 Å². The van der Waals surface area contributed by atoms with E-state index in [2.05, 4.69) is 15.4 Å². The number of nitrogens with one attached hydrogen (secondary N) is 2. The molecule has 2 aromatic heterocycles. The quantitative estimate of drug-likeness (QED) is 0.582. The fourth-order valence-corrected chi connectivity index (χ4v) is 3.03. The Hall–Kier alpha value is -3.68. The van der Waals surface area contributed by atoms with E-state index >= 15 is 0 Å². The number of halogens is 1. The van der Waals surface area contributed by atoms with E-state index in [1.165, 1.54) is 12.1 Å². The maximum Gasteiger partial charge on any atom is 0.417 e. The molecule has 7 nitrogen and oxygen atoms in total. The van der Waals surface area contributed by atoms with Crippen LogP contribution < -0.4 is 11.1 Å². The van der Waals surface area contributed by atoms with Crippen LogP contribution in [0.5, 0.6) is 0 Å². The topological polar surface area (TPSA) is 92.9 Å². The number of fused-ring (bicyclic) bond motifs is 1. The lowest BCUT2D eigenvalue weighted by Crippen LogP contribution is -2.14. The Kier molecular flexibility index (Phi) is 3.88. The van der Waals surface area contributed by atoms with Crippen molar-refractivity contribution in [2.45, 2.75) is 13.8 Å². The molecule has 2 aromatic carbocycles. The Morgan fingerprint density at radius 2 is 1.93 bits per heavy atom. The highest BCUT2D eigenvalue weighted by atomic mass is 19.1. The molecular formula is C19H15FN4O3. The summed E-state index contributed by atoms with van der Waals surface area (Å²) in [5.74, 6) is -1.23. The Labute approximate surface area is 152 Å². The van der Waals surface area contributed by atoms with Crippen LogP contribution in [0.15, 0.2) is 51.7 Å². The third-order valence-electron chi connectivity index (χ3n) is 4.27. The first kappa shape index (κ1) is 16.8. The van der Waals surface area contributed by atoms with Crippen molar-refractivity contribution < 1.29 is 13.6 Å². The molecule has 0 radical (unpaired) electrons. The van der Waals surface area contributed by atoms with E-state index in [4.69, 9.17) is 4.42 Å². The summed E-state index contributed by atoms with van der Waals surface area (Å²) >= 11 is 0. The van der Waals surface area contributed by atoms with Crippen LogP contribution in [-0.2, 0) is 0 Å². The minimum atomic E-state index is -0.555. The number of aryl methyl sites for hydroxylation is 1. The summed E-state index contributed by atoms with van der Waals surface area (Å²) in [5, 5.41) is 7.20. The van der Waals surface area contributed by atoms with Gasteiger partial charge in [-0.05, 0) is 56.3 Å². The molecule has 136 valence electrons. The number of H-pyrrole nitrogens is 1. The van der Waals surface area contributed by atoms with Gasteiger partial charge >= 0.3 is 5.76 Å². The van der Waals surface area contributed by atoms with E-state index in [0.717, 1.165) is 0 Å². The van der Waals surface area contributed by atoms with Gasteiger partial charge in [-0.1, -0.05) is 0 Å². The van der Waals surface area contributed by atoms with Gasteiger partial charge in [0.1, 0.15) is 5.82 Å². The maximum absolute atomic E-state index is 13.1. The van der Waals surface area contributed by atoms with Gasteiger partial charge in [-0.2, -0.15) is 5.10 Å². The Bertz CT molecular complexity index is 1220. The van der Waals surface area contributed by atoms with E-state index in [0.29, 0.717) is 39.4 Å². The van der Waals surface area contributed by atoms with Gasteiger partial charge in [0.05, 0.1) is 28.2 Å². The lowest BCUT2D eigenvalue weighted by molar-refractivity contribution is 0.102.